The van der Waals surface area contributed by atoms with Gasteiger partial charge in [0.1, 0.15) is 0 Å². The maximum Gasteiger partial charge on any atom is 0.0786 e. The molecule has 0 saturated heterocycles. The summed E-state index contributed by atoms with van der Waals surface area (Å²) >= 11 is 0. The summed E-state index contributed by atoms with van der Waals surface area (Å²) in [4.78, 5) is 4.24. The number of pyridine rings is 1. The fourth-order valence-corrected chi connectivity index (χ4v) is 2.75. The molecule has 0 bridgehead atoms. The Bertz CT molecular complexity index is 433. The number of nitrogens with zero attached hydrogens (tertiary/aromatic N) is 1. The van der Waals surface area contributed by atoms with Crippen molar-refractivity contribution in [3.63, 3.8) is 0 Å². The minimum absolute atomic E-state index is 0.161. The molecule has 0 aliphatic rings. The van der Waals surface area contributed by atoms with E-state index < -0.39 is 0 Å². The normalized spacial score (nSPS) is 14.0. The van der Waals surface area contributed by atoms with Crippen molar-refractivity contribution in [2.75, 3.05) is 0 Å². The predicted molar refractivity (Wildman–Crippen MR) is 90.7 cm³/mol. The van der Waals surface area contributed by atoms with Crippen LogP contribution in [-0.4, -0.2) is 17.2 Å². The first kappa shape index (κ1) is 17.9. The molecule has 0 radical (unpaired) electrons. The summed E-state index contributed by atoms with van der Waals surface area (Å²) in [7, 11) is 0. The van der Waals surface area contributed by atoms with Gasteiger partial charge in [-0.3, -0.25) is 4.98 Å². The van der Waals surface area contributed by atoms with Crippen LogP contribution in [0, 0.1) is 13.8 Å². The molecule has 0 aromatic carbocycles. The smallest absolute Gasteiger partial charge is 0.0786 e. The highest BCUT2D eigenvalue weighted by Crippen LogP contribution is 2.22. The summed E-state index contributed by atoms with van der Waals surface area (Å²) in [6, 6.07) is 0. The molecule has 2 atom stereocenters. The van der Waals surface area contributed by atoms with Crippen LogP contribution >= 0.6 is 0 Å². The van der Waals surface area contributed by atoms with Gasteiger partial charge in [-0.05, 0) is 61.8 Å². The molecule has 1 heterocycles. The van der Waals surface area contributed by atoms with Crippen LogP contribution in [0.4, 0.5) is 0 Å². The van der Waals surface area contributed by atoms with E-state index >= 15 is 0 Å². The van der Waals surface area contributed by atoms with E-state index in [0.29, 0.717) is 6.10 Å². The SMILES string of the molecule is C=C(Cc1c(C)cncc1C)C(CC)OC(CC)CCC. The second kappa shape index (κ2) is 8.99. The molecule has 1 aromatic heterocycles. The van der Waals surface area contributed by atoms with Crippen LogP contribution in [0.5, 0.6) is 0 Å². The van der Waals surface area contributed by atoms with Gasteiger partial charge in [0, 0.05) is 12.4 Å². The fraction of sp³-hybridized carbons (Fsp3) is 0.632. The summed E-state index contributed by atoms with van der Waals surface area (Å²) in [5.74, 6) is 0. The zero-order chi connectivity index (χ0) is 15.8. The topological polar surface area (TPSA) is 22.1 Å². The third kappa shape index (κ3) is 5.28. The summed E-state index contributed by atoms with van der Waals surface area (Å²) in [6.45, 7) is 15.1. The Hall–Kier alpha value is -1.15. The molecule has 0 fully saturated rings. The van der Waals surface area contributed by atoms with E-state index in [1.807, 2.05) is 12.4 Å². The Morgan fingerprint density at radius 2 is 1.76 bits per heavy atom. The molecule has 1 rings (SSSR count). The van der Waals surface area contributed by atoms with E-state index in [0.717, 1.165) is 25.7 Å². The Morgan fingerprint density at radius 1 is 1.14 bits per heavy atom. The summed E-state index contributed by atoms with van der Waals surface area (Å²) in [5.41, 5.74) is 5.02. The van der Waals surface area contributed by atoms with Gasteiger partial charge in [0.15, 0.2) is 0 Å². The number of hydrogen-bond acceptors (Lipinski definition) is 2. The maximum absolute atomic E-state index is 6.29. The van der Waals surface area contributed by atoms with Gasteiger partial charge in [0.05, 0.1) is 12.2 Å². The number of aryl methyl sites for hydroxylation is 2. The summed E-state index contributed by atoms with van der Waals surface area (Å²) in [5, 5.41) is 0. The number of rotatable bonds is 9. The number of ether oxygens (including phenoxy) is 1. The lowest BCUT2D eigenvalue weighted by molar-refractivity contribution is -0.00194. The Balaban J connectivity index is 2.75. The van der Waals surface area contributed by atoms with Gasteiger partial charge in [0.2, 0.25) is 0 Å². The van der Waals surface area contributed by atoms with Crippen LogP contribution < -0.4 is 0 Å². The van der Waals surface area contributed by atoms with Crippen molar-refractivity contribution in [1.82, 2.24) is 4.98 Å². The molecular formula is C19H31NO. The highest BCUT2D eigenvalue weighted by molar-refractivity contribution is 5.34. The first-order valence-corrected chi connectivity index (χ1v) is 8.26. The zero-order valence-electron chi connectivity index (χ0n) is 14.4. The van der Waals surface area contributed by atoms with Crippen LogP contribution in [0.3, 0.4) is 0 Å². The van der Waals surface area contributed by atoms with Gasteiger partial charge in [-0.1, -0.05) is 33.8 Å². The highest BCUT2D eigenvalue weighted by atomic mass is 16.5. The molecule has 2 unspecified atom stereocenters. The molecule has 118 valence electrons. The second-order valence-electron chi connectivity index (χ2n) is 5.94. The third-order valence-electron chi connectivity index (χ3n) is 4.14. The molecular weight excluding hydrogens is 258 g/mol. The summed E-state index contributed by atoms with van der Waals surface area (Å²) < 4.78 is 6.29. The van der Waals surface area contributed by atoms with Crippen molar-refractivity contribution in [3.8, 4) is 0 Å². The summed E-state index contributed by atoms with van der Waals surface area (Å²) in [6.07, 6.45) is 9.64. The van der Waals surface area contributed by atoms with Crippen molar-refractivity contribution >= 4 is 0 Å². The zero-order valence-corrected chi connectivity index (χ0v) is 14.4. The number of hydrogen-bond donors (Lipinski definition) is 0. The first-order chi connectivity index (χ1) is 10.0. The molecule has 0 spiro atoms. The van der Waals surface area contributed by atoms with Crippen molar-refractivity contribution in [3.05, 3.63) is 41.2 Å². The monoisotopic (exact) mass is 289 g/mol. The van der Waals surface area contributed by atoms with Crippen LogP contribution in [0.2, 0.25) is 0 Å². The van der Waals surface area contributed by atoms with E-state index in [1.54, 1.807) is 0 Å². The first-order valence-electron chi connectivity index (χ1n) is 8.26. The van der Waals surface area contributed by atoms with Crippen molar-refractivity contribution in [1.29, 1.82) is 0 Å². The quantitative estimate of drug-likeness (QED) is 0.585. The van der Waals surface area contributed by atoms with Gasteiger partial charge >= 0.3 is 0 Å². The molecule has 0 saturated carbocycles. The van der Waals surface area contributed by atoms with E-state index in [4.69, 9.17) is 4.74 Å². The largest absolute Gasteiger partial charge is 0.371 e. The highest BCUT2D eigenvalue weighted by Gasteiger charge is 2.17. The molecule has 0 aliphatic carbocycles. The Labute approximate surface area is 130 Å². The Morgan fingerprint density at radius 3 is 2.24 bits per heavy atom. The molecule has 21 heavy (non-hydrogen) atoms. The van der Waals surface area contributed by atoms with Crippen molar-refractivity contribution in [2.45, 2.75) is 78.9 Å². The fourth-order valence-electron chi connectivity index (χ4n) is 2.75. The van der Waals surface area contributed by atoms with Crippen LogP contribution in [0.1, 0.15) is 63.1 Å². The minimum Gasteiger partial charge on any atom is -0.371 e. The lowest BCUT2D eigenvalue weighted by Gasteiger charge is -2.25. The molecule has 0 aliphatic heterocycles. The van der Waals surface area contributed by atoms with Crippen LogP contribution in [0.25, 0.3) is 0 Å². The molecule has 1 aromatic rings. The molecule has 2 heteroatoms. The predicted octanol–water partition coefficient (Wildman–Crippen LogP) is 5.17. The maximum atomic E-state index is 6.29. The average Bonchev–Trinajstić information content (AvgIpc) is 2.47. The van der Waals surface area contributed by atoms with E-state index in [1.165, 1.54) is 28.7 Å². The lowest BCUT2D eigenvalue weighted by Crippen LogP contribution is -2.24. The minimum atomic E-state index is 0.161. The van der Waals surface area contributed by atoms with Crippen molar-refractivity contribution in [2.24, 2.45) is 0 Å². The molecule has 0 amide bonds. The van der Waals surface area contributed by atoms with Gasteiger partial charge in [-0.25, -0.2) is 0 Å². The van der Waals surface area contributed by atoms with Crippen molar-refractivity contribution < 1.29 is 4.74 Å². The van der Waals surface area contributed by atoms with E-state index in [9.17, 15) is 0 Å². The second-order valence-corrected chi connectivity index (χ2v) is 5.94. The lowest BCUT2D eigenvalue weighted by atomic mass is 9.95. The molecule has 2 nitrogen and oxygen atoms in total. The van der Waals surface area contributed by atoms with Gasteiger partial charge in [-0.2, -0.15) is 0 Å². The van der Waals surface area contributed by atoms with Crippen LogP contribution in [-0.2, 0) is 11.2 Å². The van der Waals surface area contributed by atoms with E-state index in [-0.39, 0.29) is 6.10 Å². The third-order valence-corrected chi connectivity index (χ3v) is 4.14. The van der Waals surface area contributed by atoms with Gasteiger partial charge in [-0.15, -0.1) is 0 Å². The Kier molecular flexibility index (Phi) is 7.66. The average molecular weight is 289 g/mol. The van der Waals surface area contributed by atoms with Gasteiger partial charge < -0.3 is 4.74 Å². The van der Waals surface area contributed by atoms with E-state index in [2.05, 4.69) is 46.2 Å². The van der Waals surface area contributed by atoms with Crippen LogP contribution in [0.15, 0.2) is 24.5 Å². The molecule has 0 N–H and O–H groups in total. The number of aromatic nitrogens is 1. The van der Waals surface area contributed by atoms with Gasteiger partial charge in [0.25, 0.3) is 0 Å². The standard InChI is InChI=1S/C19H31NO/c1-7-10-17(8-2)21-19(9-3)14(4)11-18-15(5)12-20-13-16(18)6/h12-13,17,19H,4,7-11H2,1-3,5-6H3.